The molecular weight excluding hydrogens is 386 g/mol. The van der Waals surface area contributed by atoms with Gasteiger partial charge in [-0.2, -0.15) is 0 Å². The number of para-hydroxylation sites is 2. The molecule has 1 fully saturated rings. The molecule has 0 bridgehead atoms. The first-order valence-electron chi connectivity index (χ1n) is 9.33. The smallest absolute Gasteiger partial charge is 0.274 e. The molecule has 5 rings (SSSR count). The summed E-state index contributed by atoms with van der Waals surface area (Å²) in [5.41, 5.74) is 3.13. The van der Waals surface area contributed by atoms with Crippen LogP contribution >= 0.6 is 23.1 Å². The van der Waals surface area contributed by atoms with Crippen molar-refractivity contribution >= 4 is 45.2 Å². The number of nitrogens with zero attached hydrogens (tertiary/aromatic N) is 3. The highest BCUT2D eigenvalue weighted by Gasteiger charge is 2.17. The van der Waals surface area contributed by atoms with Crippen LogP contribution in [-0.4, -0.2) is 33.1 Å². The average Bonchev–Trinajstić information content (AvgIpc) is 3.40. The second kappa shape index (κ2) is 7.45. The first kappa shape index (κ1) is 17.5. The summed E-state index contributed by atoms with van der Waals surface area (Å²) in [5.74, 6) is 1.09. The number of fused-ring (bicyclic) bond motifs is 3. The molecule has 0 amide bonds. The summed E-state index contributed by atoms with van der Waals surface area (Å²) in [6.07, 6.45) is 5.08. The second-order valence-electron chi connectivity index (χ2n) is 6.73. The molecule has 0 saturated carbocycles. The molecule has 0 N–H and O–H groups in total. The number of thiazole rings is 1. The van der Waals surface area contributed by atoms with E-state index in [1.807, 2.05) is 42.1 Å². The van der Waals surface area contributed by atoms with Crippen LogP contribution in [0.4, 0.5) is 0 Å². The second-order valence-corrected chi connectivity index (χ2v) is 8.86. The van der Waals surface area contributed by atoms with Gasteiger partial charge in [-0.15, -0.1) is 11.8 Å². The number of hydrogen-bond acceptors (Lipinski definition) is 5. The Bertz CT molecular complexity index is 1270. The van der Waals surface area contributed by atoms with Gasteiger partial charge in [0.1, 0.15) is 0 Å². The number of benzene rings is 2. The van der Waals surface area contributed by atoms with Gasteiger partial charge < -0.3 is 4.90 Å². The minimum absolute atomic E-state index is 0.0179. The van der Waals surface area contributed by atoms with Crippen molar-refractivity contribution in [3.05, 3.63) is 86.2 Å². The third-order valence-corrected chi connectivity index (χ3v) is 7.02. The van der Waals surface area contributed by atoms with E-state index in [4.69, 9.17) is 0 Å². The van der Waals surface area contributed by atoms with Crippen molar-refractivity contribution in [1.29, 1.82) is 0 Å². The van der Waals surface area contributed by atoms with Gasteiger partial charge in [0.25, 0.3) is 5.56 Å². The van der Waals surface area contributed by atoms with Crippen LogP contribution in [0.2, 0.25) is 0 Å². The van der Waals surface area contributed by atoms with Crippen LogP contribution in [0.1, 0.15) is 5.56 Å². The zero-order valence-corrected chi connectivity index (χ0v) is 16.9. The monoisotopic (exact) mass is 405 g/mol. The lowest BCUT2D eigenvalue weighted by Crippen LogP contribution is -2.23. The van der Waals surface area contributed by atoms with Crippen LogP contribution in [0.15, 0.2) is 70.5 Å². The quantitative estimate of drug-likeness (QED) is 0.521. The zero-order chi connectivity index (χ0) is 18.9. The summed E-state index contributed by atoms with van der Waals surface area (Å²) in [5, 5.41) is 1.24. The molecule has 2 aromatic carbocycles. The highest BCUT2D eigenvalue weighted by Crippen LogP contribution is 2.27. The van der Waals surface area contributed by atoms with Gasteiger partial charge in [-0.1, -0.05) is 53.8 Å². The summed E-state index contributed by atoms with van der Waals surface area (Å²) in [6, 6.07) is 18.4. The van der Waals surface area contributed by atoms with E-state index in [9.17, 15) is 4.79 Å². The molecule has 0 atom stereocenters. The Labute approximate surface area is 170 Å². The van der Waals surface area contributed by atoms with Gasteiger partial charge in [0.15, 0.2) is 4.96 Å². The van der Waals surface area contributed by atoms with Gasteiger partial charge in [0.2, 0.25) is 0 Å². The Morgan fingerprint density at radius 2 is 1.86 bits per heavy atom. The SMILES string of the molecule is O=c1/c(=C\C=C2/SCCN2CCc2ccccc2)sc2nc3ccccc3n12. The topological polar surface area (TPSA) is 37.6 Å². The first-order valence-corrected chi connectivity index (χ1v) is 11.1. The molecular formula is C22H19N3OS2. The molecule has 4 nitrogen and oxygen atoms in total. The fraction of sp³-hybridized carbons (Fsp3) is 0.182. The maximum atomic E-state index is 12.9. The molecule has 1 aliphatic heterocycles. The largest absolute Gasteiger partial charge is 0.365 e. The van der Waals surface area contributed by atoms with Gasteiger partial charge in [0, 0.05) is 18.8 Å². The third-order valence-electron chi connectivity index (χ3n) is 4.96. The van der Waals surface area contributed by atoms with E-state index in [-0.39, 0.29) is 5.56 Å². The lowest BCUT2D eigenvalue weighted by molar-refractivity contribution is 0.407. The fourth-order valence-corrected chi connectivity index (χ4v) is 5.50. The number of hydrogen-bond donors (Lipinski definition) is 0. The average molecular weight is 406 g/mol. The minimum Gasteiger partial charge on any atom is -0.365 e. The maximum absolute atomic E-state index is 12.9. The Balaban J connectivity index is 1.43. The summed E-state index contributed by atoms with van der Waals surface area (Å²) in [7, 11) is 0. The van der Waals surface area contributed by atoms with Crippen molar-refractivity contribution in [1.82, 2.24) is 14.3 Å². The molecule has 2 aromatic heterocycles. The normalized spacial score (nSPS) is 16.8. The molecule has 1 aliphatic rings. The number of imidazole rings is 1. The molecule has 4 aromatic rings. The van der Waals surface area contributed by atoms with Crippen molar-refractivity contribution < 1.29 is 0 Å². The molecule has 28 heavy (non-hydrogen) atoms. The molecule has 140 valence electrons. The highest BCUT2D eigenvalue weighted by molar-refractivity contribution is 8.03. The summed E-state index contributed by atoms with van der Waals surface area (Å²) in [4.78, 5) is 20.6. The highest BCUT2D eigenvalue weighted by atomic mass is 32.2. The van der Waals surface area contributed by atoms with Gasteiger partial charge >= 0.3 is 0 Å². The molecule has 0 aliphatic carbocycles. The first-order chi connectivity index (χ1) is 13.8. The van der Waals surface area contributed by atoms with E-state index < -0.39 is 0 Å². The Morgan fingerprint density at radius 1 is 1.04 bits per heavy atom. The third kappa shape index (κ3) is 3.23. The van der Waals surface area contributed by atoms with Gasteiger partial charge in [-0.25, -0.2) is 9.38 Å². The molecule has 1 saturated heterocycles. The number of rotatable bonds is 4. The Hall–Kier alpha value is -2.57. The Kier molecular flexibility index (Phi) is 4.66. The van der Waals surface area contributed by atoms with Gasteiger partial charge in [0.05, 0.1) is 20.6 Å². The standard InChI is InChI=1S/C22H19N3OS2/c26-21-19(28-22-23-17-8-4-5-9-18(17)25(21)22)10-11-20-24(14-15-27-20)13-12-16-6-2-1-3-7-16/h1-11H,12-15H2/b19-10+,20-11-. The fourth-order valence-electron chi connectivity index (χ4n) is 3.52. The summed E-state index contributed by atoms with van der Waals surface area (Å²) >= 11 is 3.31. The van der Waals surface area contributed by atoms with E-state index in [1.54, 1.807) is 4.40 Å². The molecule has 0 unspecified atom stereocenters. The van der Waals surface area contributed by atoms with Crippen molar-refractivity contribution in [2.75, 3.05) is 18.8 Å². The number of allylic oxidation sites excluding steroid dienone is 1. The number of thioether (sulfide) groups is 1. The maximum Gasteiger partial charge on any atom is 0.274 e. The van der Waals surface area contributed by atoms with E-state index in [0.717, 1.165) is 45.8 Å². The minimum atomic E-state index is 0.0179. The van der Waals surface area contributed by atoms with E-state index in [0.29, 0.717) is 0 Å². The lowest BCUT2D eigenvalue weighted by atomic mass is 10.1. The summed E-state index contributed by atoms with van der Waals surface area (Å²) < 4.78 is 2.45. The van der Waals surface area contributed by atoms with Crippen molar-refractivity contribution in [3.8, 4) is 0 Å². The van der Waals surface area contributed by atoms with Crippen LogP contribution < -0.4 is 10.1 Å². The summed E-state index contributed by atoms with van der Waals surface area (Å²) in [6.45, 7) is 2.05. The van der Waals surface area contributed by atoms with Gasteiger partial charge in [-0.3, -0.25) is 4.79 Å². The molecule has 6 heteroatoms. The van der Waals surface area contributed by atoms with Crippen LogP contribution in [0.5, 0.6) is 0 Å². The number of aromatic nitrogens is 2. The predicted octanol–water partition coefficient (Wildman–Crippen LogP) is 3.54. The van der Waals surface area contributed by atoms with E-state index in [1.165, 1.54) is 21.9 Å². The van der Waals surface area contributed by atoms with Crippen molar-refractivity contribution in [2.45, 2.75) is 6.42 Å². The van der Waals surface area contributed by atoms with E-state index in [2.05, 4.69) is 46.3 Å². The van der Waals surface area contributed by atoms with Crippen molar-refractivity contribution in [2.24, 2.45) is 0 Å². The van der Waals surface area contributed by atoms with Crippen molar-refractivity contribution in [3.63, 3.8) is 0 Å². The lowest BCUT2D eigenvalue weighted by Gasteiger charge is -2.18. The van der Waals surface area contributed by atoms with Gasteiger partial charge in [-0.05, 0) is 36.3 Å². The Morgan fingerprint density at radius 3 is 2.75 bits per heavy atom. The molecule has 3 heterocycles. The van der Waals surface area contributed by atoms with Crippen LogP contribution in [0, 0.1) is 0 Å². The van der Waals surface area contributed by atoms with Crippen LogP contribution in [-0.2, 0) is 6.42 Å². The molecule has 0 radical (unpaired) electrons. The predicted molar refractivity (Wildman–Crippen MR) is 119 cm³/mol. The van der Waals surface area contributed by atoms with E-state index >= 15 is 0 Å². The molecule has 0 spiro atoms. The van der Waals surface area contributed by atoms with Crippen LogP contribution in [0.25, 0.3) is 22.1 Å². The zero-order valence-electron chi connectivity index (χ0n) is 15.2. The van der Waals surface area contributed by atoms with Crippen LogP contribution in [0.3, 0.4) is 0 Å².